The number of benzene rings is 2. The molecule has 7 heteroatoms. The van der Waals surface area contributed by atoms with E-state index in [2.05, 4.69) is 4.98 Å². The normalized spacial score (nSPS) is 15.0. The molecule has 5 nitrogen and oxygen atoms in total. The Kier molecular flexibility index (Phi) is 5.89. The molecule has 1 aliphatic heterocycles. The maximum atomic E-state index is 13.6. The van der Waals surface area contributed by atoms with E-state index < -0.39 is 0 Å². The number of hydrogen-bond acceptors (Lipinski definition) is 4. The van der Waals surface area contributed by atoms with Gasteiger partial charge in [-0.15, -0.1) is 0 Å². The van der Waals surface area contributed by atoms with Crippen LogP contribution >= 0.6 is 11.3 Å². The lowest BCUT2D eigenvalue weighted by Gasteiger charge is -2.27. The number of anilines is 1. The summed E-state index contributed by atoms with van der Waals surface area (Å²) in [4.78, 5) is 21.3. The topological polar surface area (TPSA) is 46.9 Å². The van der Waals surface area contributed by atoms with E-state index in [0.717, 1.165) is 48.7 Å². The number of ether oxygens (including phenoxy) is 1. The standard InChI is InChI=1S/C22H24FN3O2S/c1-15-3-5-18(16(2)13-15)21(27)26(8-7-25-9-11-28-12-10-25)22-24-19-6-4-17(23)14-20(19)29-22/h3-6,13-14H,7-12H2,1-2H3/p+1. The fraction of sp³-hybridized carbons (Fsp3) is 0.364. The molecule has 29 heavy (non-hydrogen) atoms. The molecule has 0 saturated carbocycles. The minimum atomic E-state index is -0.294. The van der Waals surface area contributed by atoms with Crippen molar-refractivity contribution in [3.8, 4) is 0 Å². The number of carbonyl (C=O) groups excluding carboxylic acids is 1. The molecule has 0 radical (unpaired) electrons. The van der Waals surface area contributed by atoms with Crippen LogP contribution in [0.4, 0.5) is 9.52 Å². The van der Waals surface area contributed by atoms with Gasteiger partial charge < -0.3 is 9.64 Å². The third kappa shape index (κ3) is 4.47. The zero-order valence-corrected chi connectivity index (χ0v) is 17.5. The minimum absolute atomic E-state index is 0.0605. The van der Waals surface area contributed by atoms with E-state index in [9.17, 15) is 9.18 Å². The summed E-state index contributed by atoms with van der Waals surface area (Å²) in [7, 11) is 0. The van der Waals surface area contributed by atoms with Gasteiger partial charge in [0, 0.05) is 5.56 Å². The first-order valence-corrected chi connectivity index (χ1v) is 10.7. The van der Waals surface area contributed by atoms with Crippen LogP contribution in [-0.4, -0.2) is 50.3 Å². The van der Waals surface area contributed by atoms with Crippen LogP contribution in [0.1, 0.15) is 21.5 Å². The summed E-state index contributed by atoms with van der Waals surface area (Å²) in [5, 5.41) is 0.614. The van der Waals surface area contributed by atoms with Crippen molar-refractivity contribution < 1.29 is 18.8 Å². The Balaban J connectivity index is 1.66. The second-order valence-electron chi connectivity index (χ2n) is 7.50. The van der Waals surface area contributed by atoms with Crippen LogP contribution in [0.25, 0.3) is 10.2 Å². The molecule has 1 saturated heterocycles. The van der Waals surface area contributed by atoms with E-state index in [4.69, 9.17) is 4.74 Å². The van der Waals surface area contributed by atoms with Gasteiger partial charge in [-0.2, -0.15) is 0 Å². The number of halogens is 1. The molecule has 2 heterocycles. The zero-order chi connectivity index (χ0) is 20.4. The number of carbonyl (C=O) groups is 1. The highest BCUT2D eigenvalue weighted by Crippen LogP contribution is 2.30. The number of morpholine rings is 1. The van der Waals surface area contributed by atoms with E-state index in [1.165, 1.54) is 28.4 Å². The molecule has 3 aromatic rings. The number of aryl methyl sites for hydroxylation is 2. The lowest BCUT2D eigenvalue weighted by Crippen LogP contribution is -3.14. The summed E-state index contributed by atoms with van der Waals surface area (Å²) in [5.74, 6) is -0.354. The average Bonchev–Trinajstić information content (AvgIpc) is 3.11. The summed E-state index contributed by atoms with van der Waals surface area (Å²) < 4.78 is 19.8. The number of hydrogen-bond donors (Lipinski definition) is 1. The monoisotopic (exact) mass is 414 g/mol. The molecule has 0 atom stereocenters. The molecule has 1 fully saturated rings. The Morgan fingerprint density at radius 2 is 2.00 bits per heavy atom. The number of aromatic nitrogens is 1. The smallest absolute Gasteiger partial charge is 0.260 e. The van der Waals surface area contributed by atoms with Gasteiger partial charge in [0.1, 0.15) is 18.9 Å². The van der Waals surface area contributed by atoms with Gasteiger partial charge in [-0.05, 0) is 43.7 Å². The quantitative estimate of drug-likeness (QED) is 0.698. The van der Waals surface area contributed by atoms with Gasteiger partial charge >= 0.3 is 0 Å². The van der Waals surface area contributed by atoms with E-state index in [1.54, 1.807) is 11.0 Å². The van der Waals surface area contributed by atoms with Gasteiger partial charge in [0.25, 0.3) is 5.91 Å². The van der Waals surface area contributed by atoms with Gasteiger partial charge in [0.2, 0.25) is 0 Å². The summed E-state index contributed by atoms with van der Waals surface area (Å²) in [6, 6.07) is 10.4. The first kappa shape index (κ1) is 19.9. The molecule has 0 aliphatic carbocycles. The fourth-order valence-corrected chi connectivity index (χ4v) is 4.68. The highest BCUT2D eigenvalue weighted by molar-refractivity contribution is 7.22. The van der Waals surface area contributed by atoms with Gasteiger partial charge in [-0.3, -0.25) is 9.69 Å². The fourth-order valence-electron chi connectivity index (χ4n) is 3.66. The molecule has 0 bridgehead atoms. The van der Waals surface area contributed by atoms with Crippen molar-refractivity contribution in [2.75, 3.05) is 44.3 Å². The van der Waals surface area contributed by atoms with E-state index in [1.807, 2.05) is 32.0 Å². The summed E-state index contributed by atoms with van der Waals surface area (Å²) in [6.45, 7) is 8.74. The number of thiazole rings is 1. The summed E-state index contributed by atoms with van der Waals surface area (Å²) in [5.41, 5.74) is 3.46. The molecular weight excluding hydrogens is 389 g/mol. The van der Waals surface area contributed by atoms with Gasteiger partial charge in [-0.1, -0.05) is 29.0 Å². The van der Waals surface area contributed by atoms with Gasteiger partial charge in [-0.25, -0.2) is 9.37 Å². The van der Waals surface area contributed by atoms with E-state index in [-0.39, 0.29) is 11.7 Å². The molecule has 152 valence electrons. The van der Waals surface area contributed by atoms with Gasteiger partial charge in [0.05, 0.1) is 36.5 Å². The SMILES string of the molecule is Cc1ccc(C(=O)N(CC[NH+]2CCOCC2)c2nc3ccc(F)cc3s2)c(C)c1. The molecule has 4 rings (SSSR count). The largest absolute Gasteiger partial charge is 0.370 e. The minimum Gasteiger partial charge on any atom is -0.370 e. The summed E-state index contributed by atoms with van der Waals surface area (Å²) in [6.07, 6.45) is 0. The first-order valence-electron chi connectivity index (χ1n) is 9.88. The molecule has 1 N–H and O–H groups in total. The number of amides is 1. The van der Waals surface area contributed by atoms with Crippen molar-refractivity contribution in [1.29, 1.82) is 0 Å². The lowest BCUT2D eigenvalue weighted by molar-refractivity contribution is -0.906. The van der Waals surface area contributed by atoms with Crippen molar-refractivity contribution in [3.05, 3.63) is 58.9 Å². The third-order valence-electron chi connectivity index (χ3n) is 5.32. The Hall–Kier alpha value is -2.35. The Morgan fingerprint density at radius 1 is 1.21 bits per heavy atom. The average molecular weight is 415 g/mol. The maximum absolute atomic E-state index is 13.6. The Bertz CT molecular complexity index is 1030. The van der Waals surface area contributed by atoms with Crippen molar-refractivity contribution in [1.82, 2.24) is 4.98 Å². The van der Waals surface area contributed by atoms with Crippen LogP contribution < -0.4 is 9.80 Å². The highest BCUT2D eigenvalue weighted by Gasteiger charge is 2.25. The van der Waals surface area contributed by atoms with Crippen LogP contribution in [0.5, 0.6) is 0 Å². The number of nitrogens with zero attached hydrogens (tertiary/aromatic N) is 2. The Morgan fingerprint density at radius 3 is 2.76 bits per heavy atom. The maximum Gasteiger partial charge on any atom is 0.260 e. The Labute approximate surface area is 173 Å². The second kappa shape index (κ2) is 8.57. The highest BCUT2D eigenvalue weighted by atomic mass is 32.1. The molecule has 0 unspecified atom stereocenters. The van der Waals surface area contributed by atoms with E-state index in [0.29, 0.717) is 22.8 Å². The number of nitrogens with one attached hydrogen (secondary N) is 1. The second-order valence-corrected chi connectivity index (χ2v) is 8.51. The first-order chi connectivity index (χ1) is 14.0. The molecule has 2 aromatic carbocycles. The lowest BCUT2D eigenvalue weighted by atomic mass is 10.0. The predicted octanol–water partition coefficient (Wildman–Crippen LogP) is 2.61. The van der Waals surface area contributed by atoms with Crippen molar-refractivity contribution >= 4 is 32.6 Å². The van der Waals surface area contributed by atoms with Crippen LogP contribution in [-0.2, 0) is 4.74 Å². The molecule has 1 aliphatic rings. The molecular formula is C22H25FN3O2S+. The van der Waals surface area contributed by atoms with E-state index >= 15 is 0 Å². The number of fused-ring (bicyclic) bond motifs is 1. The van der Waals surface area contributed by atoms with Crippen LogP contribution in [0.3, 0.4) is 0 Å². The van der Waals surface area contributed by atoms with Gasteiger partial charge in [0.15, 0.2) is 5.13 Å². The van der Waals surface area contributed by atoms with Crippen LogP contribution in [0.15, 0.2) is 36.4 Å². The summed E-state index contributed by atoms with van der Waals surface area (Å²) >= 11 is 1.36. The van der Waals surface area contributed by atoms with Crippen molar-refractivity contribution in [2.24, 2.45) is 0 Å². The third-order valence-corrected chi connectivity index (χ3v) is 6.36. The van der Waals surface area contributed by atoms with Crippen LogP contribution in [0, 0.1) is 19.7 Å². The zero-order valence-electron chi connectivity index (χ0n) is 16.7. The molecule has 1 aromatic heterocycles. The van der Waals surface area contributed by atoms with Crippen molar-refractivity contribution in [2.45, 2.75) is 13.8 Å². The predicted molar refractivity (Wildman–Crippen MR) is 114 cm³/mol. The number of rotatable bonds is 5. The number of quaternary nitrogens is 1. The van der Waals surface area contributed by atoms with Crippen LogP contribution in [0.2, 0.25) is 0 Å². The molecule has 1 amide bonds. The van der Waals surface area contributed by atoms with Crippen molar-refractivity contribution in [3.63, 3.8) is 0 Å². The molecule has 0 spiro atoms.